The van der Waals surface area contributed by atoms with Crippen LogP contribution in [0.4, 0.5) is 11.4 Å². The highest BCUT2D eigenvalue weighted by molar-refractivity contribution is 5.83. The van der Waals surface area contributed by atoms with E-state index in [9.17, 15) is 0 Å². The zero-order valence-electron chi connectivity index (χ0n) is 15.4. The average Bonchev–Trinajstić information content (AvgIpc) is 3.06. The number of rotatable bonds is 3. The van der Waals surface area contributed by atoms with E-state index in [1.54, 1.807) is 0 Å². The zero-order chi connectivity index (χ0) is 18.1. The molecule has 130 valence electrons. The van der Waals surface area contributed by atoms with Gasteiger partial charge in [-0.2, -0.15) is 0 Å². The van der Waals surface area contributed by atoms with E-state index in [4.69, 9.17) is 4.42 Å². The van der Waals surface area contributed by atoms with Gasteiger partial charge in [0.05, 0.1) is 0 Å². The van der Waals surface area contributed by atoms with E-state index in [1.807, 2.05) is 18.2 Å². The van der Waals surface area contributed by atoms with E-state index in [1.165, 1.54) is 5.56 Å². The summed E-state index contributed by atoms with van der Waals surface area (Å²) in [6.45, 7) is 6.69. The van der Waals surface area contributed by atoms with Crippen molar-refractivity contribution in [3.05, 3.63) is 84.4 Å². The molecule has 0 amide bonds. The Morgan fingerprint density at radius 3 is 1.96 bits per heavy atom. The lowest BCUT2D eigenvalue weighted by Gasteiger charge is -2.19. The maximum atomic E-state index is 5.94. The van der Waals surface area contributed by atoms with Gasteiger partial charge in [-0.1, -0.05) is 51.1 Å². The molecule has 26 heavy (non-hydrogen) atoms. The smallest absolute Gasteiger partial charge is 0.135 e. The van der Waals surface area contributed by atoms with Gasteiger partial charge in [0.15, 0.2) is 0 Å². The van der Waals surface area contributed by atoms with Gasteiger partial charge in [-0.25, -0.2) is 0 Å². The molecular weight excluding hydrogens is 318 g/mol. The molecule has 1 heterocycles. The highest BCUT2D eigenvalue weighted by Gasteiger charge is 2.12. The molecule has 3 aromatic carbocycles. The molecule has 1 aromatic heterocycles. The summed E-state index contributed by atoms with van der Waals surface area (Å²) >= 11 is 0. The fraction of sp³-hybridized carbons (Fsp3) is 0.167. The van der Waals surface area contributed by atoms with Crippen molar-refractivity contribution in [1.82, 2.24) is 0 Å². The van der Waals surface area contributed by atoms with E-state index in [2.05, 4.69) is 86.8 Å². The second kappa shape index (κ2) is 6.38. The van der Waals surface area contributed by atoms with Gasteiger partial charge in [-0.3, -0.25) is 0 Å². The maximum absolute atomic E-state index is 5.94. The summed E-state index contributed by atoms with van der Waals surface area (Å²) in [6.07, 6.45) is 0. The Labute approximate surface area is 154 Å². The fourth-order valence-electron chi connectivity index (χ4n) is 3.06. The van der Waals surface area contributed by atoms with Crippen molar-refractivity contribution in [3.63, 3.8) is 0 Å². The minimum absolute atomic E-state index is 0.173. The van der Waals surface area contributed by atoms with Crippen LogP contribution in [0.5, 0.6) is 0 Å². The van der Waals surface area contributed by atoms with Crippen molar-refractivity contribution in [3.8, 4) is 11.3 Å². The molecule has 0 unspecified atom stereocenters. The van der Waals surface area contributed by atoms with Gasteiger partial charge < -0.3 is 9.73 Å². The number of nitrogens with one attached hydrogen (secondary N) is 1. The summed E-state index contributed by atoms with van der Waals surface area (Å²) in [5.74, 6) is 0.896. The van der Waals surface area contributed by atoms with Crippen molar-refractivity contribution in [1.29, 1.82) is 0 Å². The van der Waals surface area contributed by atoms with Crippen molar-refractivity contribution in [2.45, 2.75) is 26.2 Å². The van der Waals surface area contributed by atoms with Crippen LogP contribution in [0.3, 0.4) is 0 Å². The van der Waals surface area contributed by atoms with Crippen molar-refractivity contribution >= 4 is 22.3 Å². The topological polar surface area (TPSA) is 25.2 Å². The number of hydrogen-bond acceptors (Lipinski definition) is 2. The average molecular weight is 341 g/mol. The summed E-state index contributed by atoms with van der Waals surface area (Å²) in [5.41, 5.74) is 5.66. The van der Waals surface area contributed by atoms with Gasteiger partial charge in [-0.05, 0) is 59.5 Å². The van der Waals surface area contributed by atoms with Gasteiger partial charge in [0.1, 0.15) is 11.3 Å². The first-order chi connectivity index (χ1) is 12.5. The van der Waals surface area contributed by atoms with E-state index < -0.39 is 0 Å². The molecule has 2 heteroatoms. The van der Waals surface area contributed by atoms with Crippen LogP contribution in [0, 0.1) is 0 Å². The van der Waals surface area contributed by atoms with Gasteiger partial charge in [-0.15, -0.1) is 0 Å². The molecule has 4 rings (SSSR count). The molecule has 0 aliphatic heterocycles. The number of fused-ring (bicyclic) bond motifs is 1. The van der Waals surface area contributed by atoms with E-state index in [0.29, 0.717) is 0 Å². The van der Waals surface area contributed by atoms with Crippen molar-refractivity contribution in [2.75, 3.05) is 5.32 Å². The molecule has 4 aromatic rings. The largest absolute Gasteiger partial charge is 0.456 e. The van der Waals surface area contributed by atoms with Crippen LogP contribution < -0.4 is 5.32 Å². The SMILES string of the molecule is CC(C)(C)c1ccc(Nc2ccc(-c3cc4ccccc4o3)cc2)cc1. The van der Waals surface area contributed by atoms with Crippen LogP contribution in [0.15, 0.2) is 83.3 Å². The predicted octanol–water partition coefficient (Wildman–Crippen LogP) is 7.14. The summed E-state index contributed by atoms with van der Waals surface area (Å²) in [7, 11) is 0. The lowest BCUT2D eigenvalue weighted by Crippen LogP contribution is -2.10. The molecule has 0 aliphatic rings. The van der Waals surface area contributed by atoms with Gasteiger partial charge >= 0.3 is 0 Å². The Bertz CT molecular complexity index is 985. The second-order valence-electron chi connectivity index (χ2n) is 7.68. The van der Waals surface area contributed by atoms with E-state index in [0.717, 1.165) is 33.7 Å². The molecule has 0 bridgehead atoms. The lowest BCUT2D eigenvalue weighted by atomic mass is 9.87. The molecule has 0 spiro atoms. The van der Waals surface area contributed by atoms with Crippen molar-refractivity contribution in [2.24, 2.45) is 0 Å². The van der Waals surface area contributed by atoms with Crippen molar-refractivity contribution < 1.29 is 4.42 Å². The summed E-state index contributed by atoms with van der Waals surface area (Å²) in [6, 6.07) is 27.1. The standard InChI is InChI=1S/C24H23NO/c1-24(2,3)19-10-14-21(15-11-19)25-20-12-8-17(9-13-20)23-16-18-6-4-5-7-22(18)26-23/h4-16,25H,1-3H3. The first-order valence-electron chi connectivity index (χ1n) is 8.96. The van der Waals surface area contributed by atoms with Crippen LogP contribution in [-0.4, -0.2) is 0 Å². The van der Waals surface area contributed by atoms with Crippen LogP contribution in [0.1, 0.15) is 26.3 Å². The number of furan rings is 1. The molecule has 2 nitrogen and oxygen atoms in total. The predicted molar refractivity (Wildman–Crippen MR) is 110 cm³/mol. The lowest BCUT2D eigenvalue weighted by molar-refractivity contribution is 0.590. The molecule has 0 atom stereocenters. The first-order valence-corrected chi connectivity index (χ1v) is 8.96. The quantitative estimate of drug-likeness (QED) is 0.428. The summed E-state index contributed by atoms with van der Waals surface area (Å²) in [4.78, 5) is 0. The maximum Gasteiger partial charge on any atom is 0.135 e. The van der Waals surface area contributed by atoms with Crippen LogP contribution in [0.2, 0.25) is 0 Å². The third kappa shape index (κ3) is 3.36. The normalized spacial score (nSPS) is 11.7. The Morgan fingerprint density at radius 1 is 0.731 bits per heavy atom. The molecule has 0 saturated carbocycles. The molecule has 0 fully saturated rings. The number of anilines is 2. The highest BCUT2D eigenvalue weighted by atomic mass is 16.3. The highest BCUT2D eigenvalue weighted by Crippen LogP contribution is 2.29. The summed E-state index contributed by atoms with van der Waals surface area (Å²) in [5, 5.41) is 4.59. The van der Waals surface area contributed by atoms with Crippen LogP contribution in [0.25, 0.3) is 22.3 Å². The molecule has 0 radical (unpaired) electrons. The summed E-state index contributed by atoms with van der Waals surface area (Å²) < 4.78 is 5.94. The molecular formula is C24H23NO. The Hall–Kier alpha value is -3.00. The molecule has 0 saturated heterocycles. The third-order valence-corrected chi connectivity index (χ3v) is 4.63. The fourth-order valence-corrected chi connectivity index (χ4v) is 3.06. The van der Waals surface area contributed by atoms with Gasteiger partial charge in [0, 0.05) is 22.3 Å². The Morgan fingerprint density at radius 2 is 1.35 bits per heavy atom. The monoisotopic (exact) mass is 341 g/mol. The molecule has 1 N–H and O–H groups in total. The number of hydrogen-bond donors (Lipinski definition) is 1. The Balaban J connectivity index is 1.52. The number of para-hydroxylation sites is 1. The van der Waals surface area contributed by atoms with E-state index in [-0.39, 0.29) is 5.41 Å². The van der Waals surface area contributed by atoms with Crippen LogP contribution in [-0.2, 0) is 5.41 Å². The second-order valence-corrected chi connectivity index (χ2v) is 7.68. The minimum atomic E-state index is 0.173. The third-order valence-electron chi connectivity index (χ3n) is 4.63. The van der Waals surface area contributed by atoms with Gasteiger partial charge in [0.2, 0.25) is 0 Å². The minimum Gasteiger partial charge on any atom is -0.456 e. The van der Waals surface area contributed by atoms with E-state index >= 15 is 0 Å². The Kier molecular flexibility index (Phi) is 4.04. The molecule has 0 aliphatic carbocycles. The zero-order valence-corrected chi connectivity index (χ0v) is 15.4. The first kappa shape index (κ1) is 16.5. The van der Waals surface area contributed by atoms with Crippen LogP contribution >= 0.6 is 0 Å². The van der Waals surface area contributed by atoms with Gasteiger partial charge in [0.25, 0.3) is 0 Å². The number of benzene rings is 3.